The van der Waals surface area contributed by atoms with Crippen LogP contribution in [0.3, 0.4) is 0 Å². The van der Waals surface area contributed by atoms with Gasteiger partial charge in [-0.3, -0.25) is 19.8 Å². The molecule has 2 aromatic rings. The van der Waals surface area contributed by atoms with Gasteiger partial charge in [-0.15, -0.1) is 11.3 Å². The molecule has 0 unspecified atom stereocenters. The lowest BCUT2D eigenvalue weighted by Gasteiger charge is -2.15. The summed E-state index contributed by atoms with van der Waals surface area (Å²) >= 11 is 1.13. The minimum atomic E-state index is -0.445. The third kappa shape index (κ3) is 5.87. The number of benzene rings is 1. The second-order valence-electron chi connectivity index (χ2n) is 8.12. The van der Waals surface area contributed by atoms with Gasteiger partial charge in [0, 0.05) is 30.2 Å². The Kier molecular flexibility index (Phi) is 7.65. The number of allylic oxidation sites excluding steroid dienone is 1. The maximum Gasteiger partial charge on any atom is 0.279 e. The number of anilines is 1. The van der Waals surface area contributed by atoms with Gasteiger partial charge in [0.25, 0.3) is 17.7 Å². The molecule has 1 aliphatic rings. The van der Waals surface area contributed by atoms with Crippen molar-refractivity contribution in [1.82, 2.24) is 15.8 Å². The van der Waals surface area contributed by atoms with E-state index in [1.165, 1.54) is 6.92 Å². The van der Waals surface area contributed by atoms with E-state index in [9.17, 15) is 14.4 Å². The molecule has 1 aromatic carbocycles. The monoisotopic (exact) mass is 467 g/mol. The zero-order chi connectivity index (χ0) is 24.1. The summed E-state index contributed by atoms with van der Waals surface area (Å²) in [5.74, 6) is -0.915. The highest BCUT2D eigenvalue weighted by Crippen LogP contribution is 2.21. The number of carbonyl (C=O) groups is 3. The van der Waals surface area contributed by atoms with E-state index in [2.05, 4.69) is 16.2 Å². The number of hydrogen-bond acceptors (Lipinski definition) is 6. The number of rotatable bonds is 7. The molecule has 1 saturated heterocycles. The first-order chi connectivity index (χ1) is 15.7. The van der Waals surface area contributed by atoms with E-state index in [1.807, 2.05) is 26.0 Å². The third-order valence-corrected chi connectivity index (χ3v) is 6.61. The highest BCUT2D eigenvalue weighted by Gasteiger charge is 2.22. The van der Waals surface area contributed by atoms with Crippen molar-refractivity contribution in [2.75, 3.05) is 18.4 Å². The summed E-state index contributed by atoms with van der Waals surface area (Å²) in [5, 5.41) is 10.8. The van der Waals surface area contributed by atoms with Crippen molar-refractivity contribution in [3.63, 3.8) is 0 Å². The Hall–Kier alpha value is -3.46. The second kappa shape index (κ2) is 10.4. The van der Waals surface area contributed by atoms with Crippen LogP contribution in [0.1, 0.15) is 57.2 Å². The van der Waals surface area contributed by atoms with Crippen LogP contribution in [0, 0.1) is 19.3 Å². The van der Waals surface area contributed by atoms with Gasteiger partial charge in [-0.25, -0.2) is 0 Å². The molecule has 33 heavy (non-hydrogen) atoms. The van der Waals surface area contributed by atoms with Gasteiger partial charge in [0.1, 0.15) is 0 Å². The van der Waals surface area contributed by atoms with Gasteiger partial charge in [0.05, 0.1) is 15.3 Å². The minimum Gasteiger partial charge on any atom is -0.338 e. The van der Waals surface area contributed by atoms with Crippen LogP contribution in [0.15, 0.2) is 41.6 Å². The molecule has 0 atom stereocenters. The summed E-state index contributed by atoms with van der Waals surface area (Å²) in [5.41, 5.74) is 8.61. The van der Waals surface area contributed by atoms with Crippen LogP contribution < -0.4 is 16.2 Å². The number of nitrogens with one attached hydrogen (secondary N) is 4. The van der Waals surface area contributed by atoms with Gasteiger partial charge in [-0.1, -0.05) is 6.07 Å². The van der Waals surface area contributed by atoms with Gasteiger partial charge in [0.2, 0.25) is 0 Å². The molecular formula is C24H29N5O3S. The summed E-state index contributed by atoms with van der Waals surface area (Å²) in [4.78, 5) is 40.6. The van der Waals surface area contributed by atoms with Crippen molar-refractivity contribution in [2.45, 2.75) is 40.5 Å². The first kappa shape index (κ1) is 24.2. The molecule has 1 aliphatic heterocycles. The molecule has 0 bridgehead atoms. The predicted octanol–water partition coefficient (Wildman–Crippen LogP) is 3.79. The van der Waals surface area contributed by atoms with Crippen LogP contribution in [0.4, 0.5) is 5.69 Å². The minimum absolute atomic E-state index is 0.0506. The fraction of sp³-hybridized carbons (Fsp3) is 0.333. The molecule has 0 aliphatic carbocycles. The molecule has 3 rings (SSSR count). The molecular weight excluding hydrogens is 438 g/mol. The van der Waals surface area contributed by atoms with Crippen LogP contribution in [0.25, 0.3) is 0 Å². The van der Waals surface area contributed by atoms with Crippen molar-refractivity contribution in [3.05, 3.63) is 62.5 Å². The smallest absolute Gasteiger partial charge is 0.279 e. The molecule has 174 valence electrons. The second-order valence-corrected chi connectivity index (χ2v) is 9.20. The summed E-state index contributed by atoms with van der Waals surface area (Å²) in [6.07, 6.45) is 2.01. The van der Waals surface area contributed by atoms with E-state index < -0.39 is 11.8 Å². The van der Waals surface area contributed by atoms with Gasteiger partial charge in [-0.05, 0) is 75.9 Å². The number of aryl methyl sites for hydroxylation is 2. The zero-order valence-corrected chi connectivity index (χ0v) is 20.1. The quantitative estimate of drug-likeness (QED) is 0.282. The average Bonchev–Trinajstić information content (AvgIpc) is 3.46. The van der Waals surface area contributed by atoms with Crippen molar-refractivity contribution in [3.8, 4) is 0 Å². The van der Waals surface area contributed by atoms with Gasteiger partial charge in [-0.2, -0.15) is 0 Å². The Morgan fingerprint density at radius 2 is 1.61 bits per heavy atom. The van der Waals surface area contributed by atoms with E-state index >= 15 is 0 Å². The number of thiophene rings is 1. The molecule has 0 radical (unpaired) electrons. The summed E-state index contributed by atoms with van der Waals surface area (Å²) in [6, 6.07) is 8.86. The number of nitrogens with zero attached hydrogens (tertiary/aromatic N) is 1. The highest BCUT2D eigenvalue weighted by atomic mass is 32.1. The largest absolute Gasteiger partial charge is 0.338 e. The van der Waals surface area contributed by atoms with Crippen molar-refractivity contribution in [1.29, 1.82) is 5.41 Å². The molecule has 1 aromatic heterocycles. The van der Waals surface area contributed by atoms with Crippen LogP contribution in [0.2, 0.25) is 0 Å². The fourth-order valence-electron chi connectivity index (χ4n) is 3.56. The Balaban J connectivity index is 1.66. The molecule has 0 spiro atoms. The van der Waals surface area contributed by atoms with Crippen LogP contribution in [-0.4, -0.2) is 41.4 Å². The molecule has 8 nitrogen and oxygen atoms in total. The van der Waals surface area contributed by atoms with Crippen LogP contribution in [0.5, 0.6) is 0 Å². The molecule has 1 fully saturated rings. The number of hydrogen-bond donors (Lipinski definition) is 4. The van der Waals surface area contributed by atoms with Crippen molar-refractivity contribution < 1.29 is 14.4 Å². The molecule has 9 heteroatoms. The maximum atomic E-state index is 12.8. The molecule has 0 saturated carbocycles. The van der Waals surface area contributed by atoms with E-state index in [0.717, 1.165) is 48.4 Å². The van der Waals surface area contributed by atoms with Gasteiger partial charge in [0.15, 0.2) is 0 Å². The standard InChI is InChI=1S/C24H29N5O3S/c1-14-7-8-18(13-15(14)2)26-23(31)21(16(3)25)17(4)27-28-22(30)19-9-10-20(33-19)24(32)29-11-5-6-12-29/h7-10,13,25,27H,5-6,11-12H2,1-4H3,(H,26,31)(H,28,30)/b21-17-,25-16?. The van der Waals surface area contributed by atoms with E-state index in [1.54, 1.807) is 30.0 Å². The van der Waals surface area contributed by atoms with E-state index in [0.29, 0.717) is 21.1 Å². The lowest BCUT2D eigenvalue weighted by atomic mass is 10.1. The molecule has 3 amide bonds. The third-order valence-electron chi connectivity index (χ3n) is 5.54. The van der Waals surface area contributed by atoms with E-state index in [-0.39, 0.29) is 17.2 Å². The molecule has 4 N–H and O–H groups in total. The topological polar surface area (TPSA) is 114 Å². The summed E-state index contributed by atoms with van der Waals surface area (Å²) in [7, 11) is 0. The fourth-order valence-corrected chi connectivity index (χ4v) is 4.43. The molecule has 2 heterocycles. The Bertz CT molecular complexity index is 1130. The first-order valence-electron chi connectivity index (χ1n) is 10.8. The lowest BCUT2D eigenvalue weighted by Crippen LogP contribution is -2.38. The Morgan fingerprint density at radius 1 is 0.939 bits per heavy atom. The number of likely N-dealkylation sites (tertiary alicyclic amines) is 1. The Labute approximate surface area is 197 Å². The van der Waals surface area contributed by atoms with Gasteiger partial charge >= 0.3 is 0 Å². The van der Waals surface area contributed by atoms with Crippen molar-refractivity contribution in [2.24, 2.45) is 0 Å². The maximum absolute atomic E-state index is 12.8. The van der Waals surface area contributed by atoms with E-state index in [4.69, 9.17) is 5.41 Å². The summed E-state index contributed by atoms with van der Waals surface area (Å²) in [6.45, 7) is 8.58. The normalized spacial score (nSPS) is 13.9. The Morgan fingerprint density at radius 3 is 2.24 bits per heavy atom. The summed E-state index contributed by atoms with van der Waals surface area (Å²) < 4.78 is 0. The average molecular weight is 468 g/mol. The number of amides is 3. The van der Waals surface area contributed by atoms with Crippen molar-refractivity contribution >= 4 is 40.5 Å². The SMILES string of the molecule is CC(=N)/C(C(=O)Nc1ccc(C)c(C)c1)=C(\C)NNC(=O)c1ccc(C(=O)N2CCCC2)s1. The lowest BCUT2D eigenvalue weighted by molar-refractivity contribution is -0.112. The highest BCUT2D eigenvalue weighted by molar-refractivity contribution is 7.15. The number of carbonyl (C=O) groups excluding carboxylic acids is 3. The predicted molar refractivity (Wildman–Crippen MR) is 131 cm³/mol. The zero-order valence-electron chi connectivity index (χ0n) is 19.3. The van der Waals surface area contributed by atoms with Crippen LogP contribution >= 0.6 is 11.3 Å². The number of hydrazine groups is 1. The van der Waals surface area contributed by atoms with Crippen LogP contribution in [-0.2, 0) is 4.79 Å². The van der Waals surface area contributed by atoms with Gasteiger partial charge < -0.3 is 21.1 Å². The first-order valence-corrected chi connectivity index (χ1v) is 11.6.